The van der Waals surface area contributed by atoms with Gasteiger partial charge in [-0.1, -0.05) is 13.1 Å². The van der Waals surface area contributed by atoms with Gasteiger partial charge in [-0.3, -0.25) is 0 Å². The Morgan fingerprint density at radius 1 is 1.44 bits per heavy atom. The van der Waals surface area contributed by atoms with E-state index in [1.54, 1.807) is 0 Å². The third-order valence-corrected chi connectivity index (χ3v) is 4.25. The van der Waals surface area contributed by atoms with Crippen LogP contribution in [0.3, 0.4) is 0 Å². The van der Waals surface area contributed by atoms with E-state index in [4.69, 9.17) is 34.5 Å². The fourth-order valence-electron chi connectivity index (χ4n) is 0.416. The molecule has 0 heterocycles. The van der Waals surface area contributed by atoms with Crippen LogP contribution in [0.2, 0.25) is 13.1 Å². The van der Waals surface area contributed by atoms with Crippen molar-refractivity contribution >= 4 is 49.2 Å². The maximum absolute atomic E-state index is 5.58. The molecule has 0 aliphatic heterocycles. The largest absolute Gasteiger partial charge is 0.428 e. The molecule has 0 saturated carbocycles. The molecule has 0 aromatic carbocycles. The average Bonchev–Trinajstić information content (AvgIpc) is 1.64. The second-order valence-corrected chi connectivity index (χ2v) is 6.15. The van der Waals surface area contributed by atoms with Crippen molar-refractivity contribution < 1.29 is 0 Å². The van der Waals surface area contributed by atoms with Crippen molar-refractivity contribution in [3.05, 3.63) is 0 Å². The van der Waals surface area contributed by atoms with Gasteiger partial charge in [-0.25, -0.2) is 0 Å². The van der Waals surface area contributed by atoms with Crippen LogP contribution in [-0.4, -0.2) is 25.1 Å². The van der Waals surface area contributed by atoms with Gasteiger partial charge in [-0.15, -0.1) is 34.5 Å². The molecule has 0 amide bonds. The molecule has 0 bridgehead atoms. The Morgan fingerprint density at radius 2 is 1.89 bits per heavy atom. The lowest BCUT2D eigenvalue weighted by Gasteiger charge is -2.21. The van der Waals surface area contributed by atoms with Crippen LogP contribution in [0.25, 0.3) is 0 Å². The molecule has 0 unspecified atom stereocenters. The summed E-state index contributed by atoms with van der Waals surface area (Å²) in [7, 11) is -0.906. The molecule has 1 nitrogen and oxygen atoms in total. The number of hydrogen-bond acceptors (Lipinski definition) is 1. The predicted molar refractivity (Wildman–Crippen MR) is 48.9 cm³/mol. The molecule has 0 aromatic heterocycles. The summed E-state index contributed by atoms with van der Waals surface area (Å²) in [4.78, 5) is 0. The second-order valence-electron chi connectivity index (χ2n) is 2.01. The van der Waals surface area contributed by atoms with Crippen LogP contribution in [-0.2, 0) is 0 Å². The normalized spacial score (nSPS) is 11.0. The highest BCUT2D eigenvalue weighted by Gasteiger charge is 2.20. The Labute approximate surface area is 72.9 Å². The number of rotatable bonds is 3. The Bertz CT molecular complexity index is 73.5. The van der Waals surface area contributed by atoms with Gasteiger partial charge < -0.3 is 4.48 Å². The molecular formula is C3H9BCl3NSi. The molecule has 0 spiro atoms. The third kappa shape index (κ3) is 3.73. The van der Waals surface area contributed by atoms with Crippen molar-refractivity contribution in [2.45, 2.75) is 13.1 Å². The molecule has 0 aliphatic rings. The first-order valence-electron chi connectivity index (χ1n) is 2.69. The molecule has 0 aliphatic carbocycles. The van der Waals surface area contributed by atoms with E-state index in [2.05, 4.69) is 13.1 Å². The Kier molecular flexibility index (Phi) is 5.46. The van der Waals surface area contributed by atoms with Crippen LogP contribution in [0.15, 0.2) is 0 Å². The number of nitrogens with zero attached hydrogens (tertiary/aromatic N) is 1. The van der Waals surface area contributed by atoms with E-state index >= 15 is 0 Å². The Morgan fingerprint density at radius 3 is 1.89 bits per heavy atom. The van der Waals surface area contributed by atoms with Crippen LogP contribution >= 0.6 is 34.5 Å². The van der Waals surface area contributed by atoms with E-state index in [0.717, 1.165) is 0 Å². The van der Waals surface area contributed by atoms with Gasteiger partial charge in [0.1, 0.15) is 0 Å². The van der Waals surface area contributed by atoms with Crippen molar-refractivity contribution in [1.29, 1.82) is 0 Å². The lowest BCUT2D eigenvalue weighted by atomic mass is 10.4. The van der Waals surface area contributed by atoms with Gasteiger partial charge in [-0.2, -0.15) is 0 Å². The van der Waals surface area contributed by atoms with Crippen LogP contribution in [0.5, 0.6) is 0 Å². The SMILES string of the molecule is C[SiH](C)N(CCl)B(Cl)Cl. The first kappa shape index (κ1) is 10.1. The van der Waals surface area contributed by atoms with Gasteiger partial charge in [0, 0.05) is 0 Å². The third-order valence-electron chi connectivity index (χ3n) is 1.05. The summed E-state index contributed by atoms with van der Waals surface area (Å²) in [6, 6.07) is 0.432. The molecule has 0 atom stereocenters. The molecule has 0 N–H and O–H groups in total. The predicted octanol–water partition coefficient (Wildman–Crippen LogP) is 1.93. The van der Waals surface area contributed by atoms with Gasteiger partial charge in [0.25, 0.3) is 0 Å². The standard InChI is InChI=1S/C3H9BCl3NSi/c1-9(2)8(3-5)4(6)7/h9H,3H2,1-2H3. The fraction of sp³-hybridized carbons (Fsp3) is 1.00. The van der Waals surface area contributed by atoms with E-state index in [9.17, 15) is 0 Å². The highest BCUT2D eigenvalue weighted by molar-refractivity contribution is 7.34. The molecule has 0 fully saturated rings. The zero-order chi connectivity index (χ0) is 7.44. The van der Waals surface area contributed by atoms with Crippen LogP contribution < -0.4 is 0 Å². The van der Waals surface area contributed by atoms with Crippen LogP contribution in [0.1, 0.15) is 0 Å². The highest BCUT2D eigenvalue weighted by Crippen LogP contribution is 2.07. The smallest absolute Gasteiger partial charge is 0.327 e. The topological polar surface area (TPSA) is 3.24 Å². The summed E-state index contributed by atoms with van der Waals surface area (Å²) in [6.45, 7) is 4.25. The van der Waals surface area contributed by atoms with E-state index in [-0.39, 0.29) is 0 Å². The van der Waals surface area contributed by atoms with Crippen molar-refractivity contribution in [2.24, 2.45) is 0 Å². The maximum Gasteiger partial charge on any atom is 0.428 e. The molecule has 0 saturated heterocycles. The summed E-state index contributed by atoms with van der Waals surface area (Å²) in [6.07, 6.45) is 0. The van der Waals surface area contributed by atoms with Gasteiger partial charge >= 0.3 is 5.68 Å². The van der Waals surface area contributed by atoms with Crippen molar-refractivity contribution in [3.8, 4) is 0 Å². The van der Waals surface area contributed by atoms with Crippen molar-refractivity contribution in [3.63, 3.8) is 0 Å². The maximum atomic E-state index is 5.58. The average molecular weight is 204 g/mol. The first-order valence-corrected chi connectivity index (χ1v) is 6.92. The lowest BCUT2D eigenvalue weighted by molar-refractivity contribution is 0.796. The monoisotopic (exact) mass is 203 g/mol. The van der Waals surface area contributed by atoms with Crippen LogP contribution in [0, 0.1) is 0 Å². The molecule has 0 rings (SSSR count). The molecule has 0 radical (unpaired) electrons. The minimum absolute atomic E-state index is 0.432. The first-order chi connectivity index (χ1) is 4.09. The zero-order valence-electron chi connectivity index (χ0n) is 5.44. The minimum atomic E-state index is -0.906. The van der Waals surface area contributed by atoms with Gasteiger partial charge in [0.05, 0.1) is 15.0 Å². The summed E-state index contributed by atoms with van der Waals surface area (Å²) >= 11 is 16.7. The van der Waals surface area contributed by atoms with E-state index in [1.807, 2.05) is 4.48 Å². The molecule has 6 heteroatoms. The van der Waals surface area contributed by atoms with Gasteiger partial charge in [0.15, 0.2) is 0 Å². The summed E-state index contributed by atoms with van der Waals surface area (Å²) in [5, 5.41) is 0. The fourth-order valence-corrected chi connectivity index (χ4v) is 3.74. The quantitative estimate of drug-likeness (QED) is 0.386. The Hall–Kier alpha value is 1.11. The highest BCUT2D eigenvalue weighted by atomic mass is 35.5. The second kappa shape index (κ2) is 4.86. The molecule has 54 valence electrons. The van der Waals surface area contributed by atoms with E-state index < -0.39 is 14.6 Å². The number of halogens is 3. The summed E-state index contributed by atoms with van der Waals surface area (Å²) in [5.41, 5.74) is -0.436. The molecular weight excluding hydrogens is 195 g/mol. The lowest BCUT2D eigenvalue weighted by Crippen LogP contribution is -2.39. The number of alkyl halides is 1. The molecule has 0 aromatic rings. The summed E-state index contributed by atoms with van der Waals surface area (Å²) in [5.74, 6) is 0. The van der Waals surface area contributed by atoms with Crippen molar-refractivity contribution in [2.75, 3.05) is 6.00 Å². The molecule has 9 heavy (non-hydrogen) atoms. The Balaban J connectivity index is 3.68. The van der Waals surface area contributed by atoms with E-state index in [1.165, 1.54) is 0 Å². The van der Waals surface area contributed by atoms with Crippen molar-refractivity contribution in [1.82, 2.24) is 4.48 Å². The van der Waals surface area contributed by atoms with Gasteiger partial charge in [0.2, 0.25) is 0 Å². The van der Waals surface area contributed by atoms with E-state index in [0.29, 0.717) is 6.00 Å². The number of hydrogen-bond donors (Lipinski definition) is 0. The minimum Gasteiger partial charge on any atom is -0.327 e. The van der Waals surface area contributed by atoms with Crippen LogP contribution in [0.4, 0.5) is 0 Å². The summed E-state index contributed by atoms with van der Waals surface area (Å²) < 4.78 is 1.89. The zero-order valence-corrected chi connectivity index (χ0v) is 8.87. The van der Waals surface area contributed by atoms with Gasteiger partial charge in [-0.05, 0) is 0 Å².